The number of aromatic nitrogens is 2. The molecule has 0 aliphatic heterocycles. The van der Waals surface area contributed by atoms with Gasteiger partial charge in [0.25, 0.3) is 0 Å². The van der Waals surface area contributed by atoms with E-state index in [9.17, 15) is 10.1 Å². The highest BCUT2D eigenvalue weighted by Crippen LogP contribution is 2.40. The Morgan fingerprint density at radius 1 is 1.50 bits per heavy atom. The quantitative estimate of drug-likeness (QED) is 0.457. The van der Waals surface area contributed by atoms with E-state index in [2.05, 4.69) is 16.0 Å². The molecule has 0 aromatic carbocycles. The van der Waals surface area contributed by atoms with Gasteiger partial charge < -0.3 is 4.74 Å². The molecule has 0 amide bonds. The second-order valence-electron chi connectivity index (χ2n) is 5.43. The third-order valence-corrected chi connectivity index (χ3v) is 4.59. The summed E-state index contributed by atoms with van der Waals surface area (Å²) in [6, 6.07) is 7.14. The Hall–Kier alpha value is -2.10. The topological polar surface area (TPSA) is 75.9 Å². The molecule has 5 nitrogen and oxygen atoms in total. The van der Waals surface area contributed by atoms with Crippen LogP contribution in [-0.4, -0.2) is 22.2 Å². The fourth-order valence-corrected chi connectivity index (χ4v) is 2.93. The molecule has 0 unspecified atom stereocenters. The van der Waals surface area contributed by atoms with Crippen molar-refractivity contribution in [3.8, 4) is 6.07 Å². The molecule has 2 heterocycles. The van der Waals surface area contributed by atoms with Gasteiger partial charge in [-0.05, 0) is 31.2 Å². The minimum Gasteiger partial charge on any atom is -0.457 e. The fraction of sp³-hybridized carbons (Fsp3) is 0.294. The molecule has 1 aliphatic rings. The number of thioether (sulfide) groups is 1. The van der Waals surface area contributed by atoms with Gasteiger partial charge in [-0.1, -0.05) is 17.7 Å². The molecule has 24 heavy (non-hydrogen) atoms. The molecular formula is C17H14ClN3O2S. The van der Waals surface area contributed by atoms with Gasteiger partial charge >= 0.3 is 5.97 Å². The van der Waals surface area contributed by atoms with Crippen molar-refractivity contribution in [2.24, 2.45) is 0 Å². The van der Waals surface area contributed by atoms with Gasteiger partial charge in [-0.15, -0.1) is 11.8 Å². The molecule has 0 bridgehead atoms. The lowest BCUT2D eigenvalue weighted by molar-refractivity contribution is 0.0471. The minimum atomic E-state index is -0.527. The van der Waals surface area contributed by atoms with Crippen molar-refractivity contribution in [2.45, 2.75) is 30.4 Å². The zero-order chi connectivity index (χ0) is 17.1. The van der Waals surface area contributed by atoms with Crippen LogP contribution in [0.1, 0.15) is 45.9 Å². The fourth-order valence-electron chi connectivity index (χ4n) is 2.26. The minimum absolute atomic E-state index is 0.0730. The summed E-state index contributed by atoms with van der Waals surface area (Å²) in [6.45, 7) is 0.0730. The number of ether oxygens (including phenoxy) is 1. The second-order valence-corrected chi connectivity index (χ2v) is 6.61. The molecule has 2 aromatic rings. The van der Waals surface area contributed by atoms with Gasteiger partial charge in [-0.25, -0.2) is 14.8 Å². The molecule has 0 N–H and O–H groups in total. The van der Waals surface area contributed by atoms with Crippen molar-refractivity contribution in [3.05, 3.63) is 51.9 Å². The highest BCUT2D eigenvalue weighted by molar-refractivity contribution is 7.98. The van der Waals surface area contributed by atoms with Crippen LogP contribution in [0.4, 0.5) is 0 Å². The highest BCUT2D eigenvalue weighted by Gasteiger charge is 2.28. The number of rotatable bonds is 5. The SMILES string of the molecule is CSc1nc(C2CC2)cc(C(=O)OCc2ccc(Cl)nc2)c1C#N. The monoisotopic (exact) mass is 359 g/mol. The maximum atomic E-state index is 12.5. The Bertz CT molecular complexity index is 814. The average molecular weight is 360 g/mol. The van der Waals surface area contributed by atoms with Crippen molar-refractivity contribution in [1.29, 1.82) is 5.26 Å². The van der Waals surface area contributed by atoms with E-state index in [1.54, 1.807) is 24.4 Å². The summed E-state index contributed by atoms with van der Waals surface area (Å²) in [5.41, 5.74) is 2.14. The molecule has 0 saturated heterocycles. The van der Waals surface area contributed by atoms with Gasteiger partial charge in [0.15, 0.2) is 0 Å². The number of carbonyl (C=O) groups excluding carboxylic acids is 1. The lowest BCUT2D eigenvalue weighted by Gasteiger charge is -2.10. The standard InChI is InChI=1S/C17H14ClN3O2S/c1-24-16-13(7-19)12(6-14(21-16)11-3-4-11)17(22)23-9-10-2-5-15(18)20-8-10/h2,5-6,8,11H,3-4,9H2,1H3. The van der Waals surface area contributed by atoms with Crippen LogP contribution in [0.25, 0.3) is 0 Å². The first-order valence-electron chi connectivity index (χ1n) is 7.39. The first-order valence-corrected chi connectivity index (χ1v) is 8.99. The number of esters is 1. The molecular weight excluding hydrogens is 346 g/mol. The molecule has 1 aliphatic carbocycles. The van der Waals surface area contributed by atoms with Crippen LogP contribution in [0, 0.1) is 11.3 Å². The summed E-state index contributed by atoms with van der Waals surface area (Å²) in [6.07, 6.45) is 5.53. The predicted molar refractivity (Wildman–Crippen MR) is 91.1 cm³/mol. The summed E-state index contributed by atoms with van der Waals surface area (Å²) in [7, 11) is 0. The molecule has 0 atom stereocenters. The molecule has 7 heteroatoms. The molecule has 2 aromatic heterocycles. The molecule has 3 rings (SSSR count). The van der Waals surface area contributed by atoms with Gasteiger partial charge in [0.05, 0.1) is 11.1 Å². The first kappa shape index (κ1) is 16.7. The third-order valence-electron chi connectivity index (χ3n) is 3.69. The second kappa shape index (κ2) is 7.20. The lowest BCUT2D eigenvalue weighted by atomic mass is 10.1. The van der Waals surface area contributed by atoms with Gasteiger partial charge in [0, 0.05) is 23.4 Å². The van der Waals surface area contributed by atoms with E-state index in [-0.39, 0.29) is 17.7 Å². The van der Waals surface area contributed by atoms with Gasteiger partial charge in [-0.3, -0.25) is 0 Å². The van der Waals surface area contributed by atoms with Crippen molar-refractivity contribution < 1.29 is 9.53 Å². The molecule has 0 spiro atoms. The van der Waals surface area contributed by atoms with Crippen LogP contribution < -0.4 is 0 Å². The van der Waals surface area contributed by atoms with Crippen LogP contribution in [0.5, 0.6) is 0 Å². The number of carbonyl (C=O) groups is 1. The zero-order valence-electron chi connectivity index (χ0n) is 13.0. The highest BCUT2D eigenvalue weighted by atomic mass is 35.5. The molecule has 122 valence electrons. The van der Waals surface area contributed by atoms with E-state index >= 15 is 0 Å². The number of nitrogens with zero attached hydrogens (tertiary/aromatic N) is 3. The zero-order valence-corrected chi connectivity index (χ0v) is 14.5. The number of hydrogen-bond donors (Lipinski definition) is 0. The summed E-state index contributed by atoms with van der Waals surface area (Å²) in [5.74, 6) is -0.142. The number of pyridine rings is 2. The lowest BCUT2D eigenvalue weighted by Crippen LogP contribution is -2.10. The van der Waals surface area contributed by atoms with Gasteiger partial charge in [0.1, 0.15) is 22.9 Å². The number of nitriles is 1. The molecule has 1 saturated carbocycles. The Morgan fingerprint density at radius 2 is 2.29 bits per heavy atom. The third kappa shape index (κ3) is 3.69. The molecule has 0 radical (unpaired) electrons. The van der Waals surface area contributed by atoms with Crippen LogP contribution >= 0.6 is 23.4 Å². The van der Waals surface area contributed by atoms with Crippen LogP contribution in [0.15, 0.2) is 29.4 Å². The summed E-state index contributed by atoms with van der Waals surface area (Å²) in [5, 5.41) is 10.4. The predicted octanol–water partition coefficient (Wildman–Crippen LogP) is 3.96. The number of halogens is 1. The molecule has 1 fully saturated rings. The van der Waals surface area contributed by atoms with E-state index < -0.39 is 5.97 Å². The van der Waals surface area contributed by atoms with E-state index in [0.29, 0.717) is 16.1 Å². The Kier molecular flexibility index (Phi) is 5.03. The Balaban J connectivity index is 1.83. The van der Waals surface area contributed by atoms with E-state index in [1.807, 2.05) is 6.26 Å². The maximum absolute atomic E-state index is 12.5. The smallest absolute Gasteiger partial charge is 0.339 e. The van der Waals surface area contributed by atoms with Crippen molar-refractivity contribution in [3.63, 3.8) is 0 Å². The Morgan fingerprint density at radius 3 is 2.88 bits per heavy atom. The van der Waals surface area contributed by atoms with Crippen LogP contribution in [-0.2, 0) is 11.3 Å². The van der Waals surface area contributed by atoms with Crippen molar-refractivity contribution in [2.75, 3.05) is 6.26 Å². The largest absolute Gasteiger partial charge is 0.457 e. The van der Waals surface area contributed by atoms with Crippen LogP contribution in [0.3, 0.4) is 0 Å². The summed E-state index contributed by atoms with van der Waals surface area (Å²) < 4.78 is 5.34. The van der Waals surface area contributed by atoms with Crippen LogP contribution in [0.2, 0.25) is 5.15 Å². The van der Waals surface area contributed by atoms with Crippen molar-refractivity contribution in [1.82, 2.24) is 9.97 Å². The Labute approximate surface area is 149 Å². The van der Waals surface area contributed by atoms with E-state index in [1.165, 1.54) is 11.8 Å². The first-order chi connectivity index (χ1) is 11.6. The maximum Gasteiger partial charge on any atom is 0.339 e. The average Bonchev–Trinajstić information content (AvgIpc) is 3.44. The van der Waals surface area contributed by atoms with Gasteiger partial charge in [0.2, 0.25) is 0 Å². The van der Waals surface area contributed by atoms with Crippen molar-refractivity contribution >= 4 is 29.3 Å². The van der Waals surface area contributed by atoms with Gasteiger partial charge in [-0.2, -0.15) is 5.26 Å². The van der Waals surface area contributed by atoms with E-state index in [4.69, 9.17) is 16.3 Å². The number of hydrogen-bond acceptors (Lipinski definition) is 6. The van der Waals surface area contributed by atoms with E-state index in [0.717, 1.165) is 24.1 Å². The summed E-state index contributed by atoms with van der Waals surface area (Å²) >= 11 is 7.09. The summed E-state index contributed by atoms with van der Waals surface area (Å²) in [4.78, 5) is 20.9. The normalized spacial score (nSPS) is 13.4.